The molecule has 2 saturated carbocycles. The first kappa shape index (κ1) is 108. The fourth-order valence-electron chi connectivity index (χ4n) is 21.4. The van der Waals surface area contributed by atoms with Gasteiger partial charge in [0.2, 0.25) is 29.7 Å². The highest BCUT2D eigenvalue weighted by Crippen LogP contribution is 2.46. The Balaban J connectivity index is 0.000000143. The Kier molecular flexibility index (Phi) is 35.4. The van der Waals surface area contributed by atoms with Crippen LogP contribution in [0.25, 0.3) is 0 Å². The third-order valence-electron chi connectivity index (χ3n) is 28.5. The Morgan fingerprint density at radius 1 is 0.333 bits per heavy atom. The predicted molar refractivity (Wildman–Crippen MR) is 559 cm³/mol. The molecule has 18 rings (SSSR count). The zero-order valence-electron chi connectivity index (χ0n) is 85.0. The minimum atomic E-state index is -0.187. The largest absolute Gasteiger partial charge is 0.496 e. The number of pyridine rings is 5. The number of anilines is 10. The van der Waals surface area contributed by atoms with Gasteiger partial charge in [-0.2, -0.15) is 24.9 Å². The number of Topliss-reactive ketones (excluding diaryl/α,β-unsaturated/α-hetero) is 5. The Morgan fingerprint density at radius 2 is 0.569 bits per heavy atom. The summed E-state index contributed by atoms with van der Waals surface area (Å²) in [6.45, 7) is 30.6. The van der Waals surface area contributed by atoms with Gasteiger partial charge < -0.3 is 81.6 Å². The lowest BCUT2D eigenvalue weighted by Gasteiger charge is -2.36. The number of hydrogen-bond donors (Lipinski definition) is 5. The van der Waals surface area contributed by atoms with Crippen molar-refractivity contribution in [3.05, 3.63) is 169 Å². The minimum absolute atomic E-state index is 0.00564. The molecule has 36 nitrogen and oxygen atoms in total. The van der Waals surface area contributed by atoms with Crippen LogP contribution in [0.2, 0.25) is 25.8 Å². The zero-order valence-corrected chi connectivity index (χ0v) is 88.8. The third-order valence-corrected chi connectivity index (χ3v) is 29.9. The summed E-state index contributed by atoms with van der Waals surface area (Å²) in [5.74, 6) is 8.17. The van der Waals surface area contributed by atoms with E-state index in [1.54, 1.807) is 54.1 Å². The number of nitrogens with zero attached hydrogens (tertiary/aromatic N) is 20. The van der Waals surface area contributed by atoms with Crippen molar-refractivity contribution in [2.45, 2.75) is 219 Å². The third kappa shape index (κ3) is 24.2. The molecule has 10 aromatic rings. The first-order valence-corrected chi connectivity index (χ1v) is 50.8. The van der Waals surface area contributed by atoms with Crippen LogP contribution in [0.5, 0.6) is 28.7 Å². The number of aromatic nitrogens is 15. The van der Waals surface area contributed by atoms with Gasteiger partial charge in [-0.1, -0.05) is 130 Å². The van der Waals surface area contributed by atoms with Gasteiger partial charge in [0, 0.05) is 163 Å². The van der Waals surface area contributed by atoms with Gasteiger partial charge in [0.1, 0.15) is 83.6 Å². The molecule has 3 fully saturated rings. The SMILES string of the molecule is COc1c(C)cnc(CN2CC(CC(C)C)C(=O)c3c(Cl)nc(N)nc32)c1C.COc1c(C)cnc(CN2CC(CC3CCCC3)C(=O)c3c(Cl)nc(N)nc32)c1C.COc1c(C)cnc(CN2CC(CC3CCCCC3)C(=O)c3c(Cl)nc(N)nc32)c1C.COc1c(C)cnc(CN2CC(CC3CCOCC3)C(=O)c3c(Cl)nc(N)nc32)c1C.COc1c(C)cnc(CN2CCC(=O)c3c(Cl)nc(N)nc32)c1C. The van der Waals surface area contributed by atoms with E-state index in [1.807, 2.05) is 91.4 Å². The Labute approximate surface area is 865 Å². The summed E-state index contributed by atoms with van der Waals surface area (Å²) in [5.41, 5.74) is 45.0. The van der Waals surface area contributed by atoms with Crippen LogP contribution in [0, 0.1) is 117 Å². The van der Waals surface area contributed by atoms with E-state index < -0.39 is 0 Å². The van der Waals surface area contributed by atoms with Crippen LogP contribution in [0.4, 0.5) is 58.8 Å². The Bertz CT molecular complexity index is 6310. The van der Waals surface area contributed by atoms with E-state index in [0.29, 0.717) is 152 Å². The quantitative estimate of drug-likeness (QED) is 0.0371. The van der Waals surface area contributed by atoms with Crippen LogP contribution < -0.4 is 76.9 Å². The van der Waals surface area contributed by atoms with E-state index in [2.05, 4.69) is 103 Å². The molecule has 16 heterocycles. The molecule has 0 aromatic carbocycles. The van der Waals surface area contributed by atoms with Gasteiger partial charge in [-0.3, -0.25) is 48.9 Å². The zero-order chi connectivity index (χ0) is 104. The predicted octanol–water partition coefficient (Wildman–Crippen LogP) is 17.9. The highest BCUT2D eigenvalue weighted by Gasteiger charge is 2.44. The van der Waals surface area contributed by atoms with Crippen molar-refractivity contribution in [3.8, 4) is 28.7 Å². The number of halogens is 5. The summed E-state index contributed by atoms with van der Waals surface area (Å²) < 4.78 is 33.1. The molecule has 6 aliphatic heterocycles. The number of nitrogen functional groups attached to an aromatic ring is 5. The summed E-state index contributed by atoms with van der Waals surface area (Å²) in [6.07, 6.45) is 25.7. The molecule has 8 aliphatic rings. The molecule has 768 valence electrons. The monoisotopic (exact) mass is 2070 g/mol. The van der Waals surface area contributed by atoms with Crippen LogP contribution >= 0.6 is 58.0 Å². The van der Waals surface area contributed by atoms with Gasteiger partial charge in [-0.25, -0.2) is 24.9 Å². The molecule has 4 unspecified atom stereocenters. The summed E-state index contributed by atoms with van der Waals surface area (Å²) in [6, 6.07) is 0. The molecule has 4 atom stereocenters. The maximum absolute atomic E-state index is 13.4. The van der Waals surface area contributed by atoms with Gasteiger partial charge >= 0.3 is 0 Å². The molecule has 10 aromatic heterocycles. The van der Waals surface area contributed by atoms with Gasteiger partial charge in [0.15, 0.2) is 28.9 Å². The Hall–Kier alpha value is -12.1. The van der Waals surface area contributed by atoms with Crippen LogP contribution in [-0.4, -0.2) is 185 Å². The number of rotatable bonds is 23. The second kappa shape index (κ2) is 47.4. The van der Waals surface area contributed by atoms with E-state index in [4.69, 9.17) is 115 Å². The lowest BCUT2D eigenvalue weighted by atomic mass is 9.79. The molecule has 0 spiro atoms. The van der Waals surface area contributed by atoms with Crippen molar-refractivity contribution in [3.63, 3.8) is 0 Å². The number of methoxy groups -OCH3 is 5. The van der Waals surface area contributed by atoms with E-state index in [-0.39, 0.29) is 108 Å². The van der Waals surface area contributed by atoms with Crippen LogP contribution in [-0.2, 0) is 37.5 Å². The molecule has 0 amide bonds. The summed E-state index contributed by atoms with van der Waals surface area (Å²) in [4.78, 5) is 140. The smallest absolute Gasteiger partial charge is 0.223 e. The van der Waals surface area contributed by atoms with Gasteiger partial charge in [0.25, 0.3) is 0 Å². The number of carbonyl (C=O) groups is 5. The van der Waals surface area contributed by atoms with Gasteiger partial charge in [-0.15, -0.1) is 0 Å². The van der Waals surface area contributed by atoms with Crippen LogP contribution in [0.1, 0.15) is 252 Å². The van der Waals surface area contributed by atoms with Crippen molar-refractivity contribution in [2.75, 3.05) is 135 Å². The highest BCUT2D eigenvalue weighted by molar-refractivity contribution is 6.36. The summed E-state index contributed by atoms with van der Waals surface area (Å²) >= 11 is 31.6. The molecular formula is C103H130Cl5N25O11. The summed E-state index contributed by atoms with van der Waals surface area (Å²) in [5, 5.41) is 0.586. The molecule has 0 bridgehead atoms. The second-order valence-corrected chi connectivity index (χ2v) is 40.8. The van der Waals surface area contributed by atoms with Crippen molar-refractivity contribution < 1.29 is 52.4 Å². The summed E-state index contributed by atoms with van der Waals surface area (Å²) in [7, 11) is 8.29. The topological polar surface area (TPSA) is 480 Å². The normalized spacial score (nSPS) is 17.9. The van der Waals surface area contributed by atoms with Crippen molar-refractivity contribution in [2.24, 2.45) is 47.3 Å². The number of ketones is 5. The van der Waals surface area contributed by atoms with E-state index >= 15 is 0 Å². The van der Waals surface area contributed by atoms with E-state index in [0.717, 1.165) is 165 Å². The second-order valence-electron chi connectivity index (χ2n) is 39.0. The average molecular weight is 2070 g/mol. The Morgan fingerprint density at radius 3 is 0.840 bits per heavy atom. The fourth-order valence-corrected chi connectivity index (χ4v) is 22.7. The van der Waals surface area contributed by atoms with E-state index in [9.17, 15) is 24.0 Å². The van der Waals surface area contributed by atoms with Crippen molar-refractivity contribution >= 4 is 146 Å². The molecule has 10 N–H and O–H groups in total. The first-order chi connectivity index (χ1) is 68.8. The average Bonchev–Trinajstić information content (AvgIpc) is 1.32. The number of carbonyl (C=O) groups excluding carboxylic acids is 5. The van der Waals surface area contributed by atoms with Crippen LogP contribution in [0.15, 0.2) is 31.0 Å². The molecule has 1 saturated heterocycles. The number of fused-ring (bicyclic) bond motifs is 5. The molecule has 144 heavy (non-hydrogen) atoms. The van der Waals surface area contributed by atoms with Crippen LogP contribution in [0.3, 0.4) is 0 Å². The highest BCUT2D eigenvalue weighted by atomic mass is 35.5. The number of aryl methyl sites for hydroxylation is 5. The first-order valence-electron chi connectivity index (χ1n) is 48.9. The molecule has 2 aliphatic carbocycles. The number of ether oxygens (including phenoxy) is 6. The lowest BCUT2D eigenvalue weighted by Crippen LogP contribution is -2.41. The maximum atomic E-state index is 13.4. The number of hydrogen-bond acceptors (Lipinski definition) is 36. The lowest BCUT2D eigenvalue weighted by molar-refractivity contribution is 0.0558. The molecule has 41 heteroatoms. The van der Waals surface area contributed by atoms with Crippen molar-refractivity contribution in [1.82, 2.24) is 74.8 Å². The molecule has 0 radical (unpaired) electrons. The number of nitrogens with two attached hydrogens (primary N) is 5. The standard InChI is InChI=1S/C23H30ClN5O2.C22H28ClN5O3.C22H28ClN5O2.C20H26ClN5O2.C16H18ClN5O2/c1-13-10-26-17(14(2)20(13)31-3)12-29-11-16(9-15-7-5-4-6-8-15)19(30)18-21(24)27-23(25)28-22(18)29;1-12-9-25-16(13(2)19(12)30-3)11-28-10-15(8-14-4-6-31-7-5-14)18(29)17-20(23)26-22(24)27-21(17)28;1-12-9-25-16(13(2)19(12)30-3)11-28-10-15(8-14-6-4-5-7-14)18(29)17-20(23)26-22(24)27-21(17)28;1-10(2)6-13-8-26(9-14-12(4)17(28-5)11(3)7-23-14)19-15(16(13)27)18(21)24-20(22)25-19;1-8-6-19-10(9(2)13(8)24-3)7-22-5-4-11(23)12-14(17)20-16(18)21-15(12)22/h10,15-16H,4-9,11-12H2,1-3H3,(H2,25,27,28);9,14-15H,4-8,10-11H2,1-3H3,(H2,24,26,27);9,14-15H,4-8,10-11H2,1-3H3,(H2,24,26,27);7,10,13H,6,8-9H2,1-5H3,(H2,22,24,25);6H,4-5,7H2,1-3H3,(H2,18,20,21). The van der Waals surface area contributed by atoms with Crippen molar-refractivity contribution in [1.29, 1.82) is 0 Å². The minimum Gasteiger partial charge on any atom is -0.496 e. The van der Waals surface area contributed by atoms with Gasteiger partial charge in [0.05, 0.1) is 125 Å². The van der Waals surface area contributed by atoms with Gasteiger partial charge in [-0.05, 0) is 131 Å². The molecular weight excluding hydrogens is 1940 g/mol. The maximum Gasteiger partial charge on any atom is 0.223 e. The fraction of sp³-hybridized carbons (Fsp3) is 0.515. The van der Waals surface area contributed by atoms with E-state index in [1.165, 1.54) is 57.8 Å².